The van der Waals surface area contributed by atoms with Gasteiger partial charge >= 0.3 is 0 Å². The molecule has 2 nitrogen and oxygen atoms in total. The van der Waals surface area contributed by atoms with Gasteiger partial charge in [-0.1, -0.05) is 12.1 Å². The number of rotatable bonds is 7. The second kappa shape index (κ2) is 5.37. The van der Waals surface area contributed by atoms with Gasteiger partial charge in [-0.3, -0.25) is 0 Å². The first-order chi connectivity index (χ1) is 8.81. The number of hydrogen-bond donors (Lipinski definition) is 1. The van der Waals surface area contributed by atoms with Crippen molar-refractivity contribution in [2.75, 3.05) is 13.2 Å². The van der Waals surface area contributed by atoms with E-state index < -0.39 is 0 Å². The molecule has 0 aliphatic heterocycles. The van der Waals surface area contributed by atoms with Gasteiger partial charge in [-0.15, -0.1) is 0 Å². The van der Waals surface area contributed by atoms with Gasteiger partial charge in [0.1, 0.15) is 5.82 Å². The van der Waals surface area contributed by atoms with E-state index in [1.54, 1.807) is 0 Å². The Balaban J connectivity index is 1.59. The van der Waals surface area contributed by atoms with Crippen molar-refractivity contribution in [3.8, 4) is 0 Å². The van der Waals surface area contributed by atoms with Gasteiger partial charge in [-0.25, -0.2) is 4.39 Å². The van der Waals surface area contributed by atoms with Crippen LogP contribution in [0.2, 0.25) is 0 Å². The molecule has 0 amide bonds. The molecule has 0 bridgehead atoms. The molecule has 3 rings (SSSR count). The molecular weight excluding hydrogens is 229 g/mol. The smallest absolute Gasteiger partial charge is 0.123 e. The van der Waals surface area contributed by atoms with Crippen LogP contribution in [0.1, 0.15) is 37.4 Å². The van der Waals surface area contributed by atoms with Crippen molar-refractivity contribution in [2.45, 2.75) is 37.8 Å². The largest absolute Gasteiger partial charge is 0.372 e. The predicted octanol–water partition coefficient (Wildman–Crippen LogP) is 3.05. The first-order valence-electron chi connectivity index (χ1n) is 6.92. The molecule has 2 aliphatic carbocycles. The fraction of sp³-hybridized carbons (Fsp3) is 0.600. The molecule has 1 N–H and O–H groups in total. The third-order valence-corrected chi connectivity index (χ3v) is 3.64. The summed E-state index contributed by atoms with van der Waals surface area (Å²) in [7, 11) is 0. The van der Waals surface area contributed by atoms with Gasteiger partial charge in [0.2, 0.25) is 0 Å². The van der Waals surface area contributed by atoms with Crippen molar-refractivity contribution in [3.63, 3.8) is 0 Å². The topological polar surface area (TPSA) is 21.3 Å². The Morgan fingerprint density at radius 2 is 1.89 bits per heavy atom. The maximum absolute atomic E-state index is 12.9. The van der Waals surface area contributed by atoms with Crippen LogP contribution < -0.4 is 5.32 Å². The number of nitrogens with one attached hydrogen (secondary N) is 1. The highest BCUT2D eigenvalue weighted by molar-refractivity contribution is 5.19. The Hall–Kier alpha value is -0.930. The molecule has 0 aromatic heterocycles. The van der Waals surface area contributed by atoms with Crippen LogP contribution in [-0.2, 0) is 4.74 Å². The van der Waals surface area contributed by atoms with Crippen LogP contribution in [0.5, 0.6) is 0 Å². The van der Waals surface area contributed by atoms with Gasteiger partial charge < -0.3 is 10.1 Å². The molecule has 0 spiro atoms. The van der Waals surface area contributed by atoms with Crippen LogP contribution in [0.15, 0.2) is 24.3 Å². The lowest BCUT2D eigenvalue weighted by Crippen LogP contribution is -2.25. The minimum Gasteiger partial charge on any atom is -0.372 e. The zero-order valence-corrected chi connectivity index (χ0v) is 10.6. The van der Waals surface area contributed by atoms with Crippen molar-refractivity contribution in [1.82, 2.24) is 5.32 Å². The Labute approximate surface area is 108 Å². The van der Waals surface area contributed by atoms with E-state index in [4.69, 9.17) is 4.74 Å². The molecule has 0 heterocycles. The molecule has 2 aliphatic rings. The highest BCUT2D eigenvalue weighted by Gasteiger charge is 2.26. The molecule has 2 saturated carbocycles. The average molecular weight is 249 g/mol. The summed E-state index contributed by atoms with van der Waals surface area (Å²) < 4.78 is 18.9. The Morgan fingerprint density at radius 1 is 1.17 bits per heavy atom. The molecule has 1 atom stereocenters. The third kappa shape index (κ3) is 3.53. The van der Waals surface area contributed by atoms with E-state index in [-0.39, 0.29) is 11.9 Å². The number of hydrogen-bond acceptors (Lipinski definition) is 2. The minimum atomic E-state index is -0.185. The third-order valence-electron chi connectivity index (χ3n) is 3.64. The number of ether oxygens (including phenoxy) is 1. The van der Waals surface area contributed by atoms with Gasteiger partial charge in [0.05, 0.1) is 12.7 Å². The lowest BCUT2D eigenvalue weighted by atomic mass is 10.1. The van der Waals surface area contributed by atoms with Crippen molar-refractivity contribution in [1.29, 1.82) is 0 Å². The molecular formula is C15H20FNO. The highest BCUT2D eigenvalue weighted by Crippen LogP contribution is 2.31. The Kier molecular flexibility index (Phi) is 3.62. The lowest BCUT2D eigenvalue weighted by Gasteiger charge is -2.19. The highest BCUT2D eigenvalue weighted by atomic mass is 19.1. The zero-order chi connectivity index (χ0) is 12.4. The predicted molar refractivity (Wildman–Crippen MR) is 68.8 cm³/mol. The van der Waals surface area contributed by atoms with Gasteiger partial charge in [-0.2, -0.15) is 0 Å². The fourth-order valence-corrected chi connectivity index (χ4v) is 2.05. The van der Waals surface area contributed by atoms with E-state index in [9.17, 15) is 4.39 Å². The molecule has 0 saturated heterocycles. The second-order valence-electron chi connectivity index (χ2n) is 5.50. The van der Waals surface area contributed by atoms with Crippen LogP contribution in [-0.4, -0.2) is 19.2 Å². The van der Waals surface area contributed by atoms with Crippen molar-refractivity contribution >= 4 is 0 Å². The summed E-state index contributed by atoms with van der Waals surface area (Å²) in [5.41, 5.74) is 1.07. The minimum absolute atomic E-state index is 0.0619. The van der Waals surface area contributed by atoms with Gasteiger partial charge in [0.25, 0.3) is 0 Å². The zero-order valence-electron chi connectivity index (χ0n) is 10.6. The van der Waals surface area contributed by atoms with Crippen molar-refractivity contribution in [3.05, 3.63) is 35.6 Å². The standard InChI is InChI=1S/C15H20FNO/c16-13-5-3-12(4-6-13)15(9-17-14-7-8-14)18-10-11-1-2-11/h3-6,11,14-15,17H,1-2,7-10H2. The number of halogens is 1. The Morgan fingerprint density at radius 3 is 2.50 bits per heavy atom. The van der Waals surface area contributed by atoms with Crippen LogP contribution in [0, 0.1) is 11.7 Å². The quantitative estimate of drug-likeness (QED) is 0.802. The molecule has 1 aromatic rings. The SMILES string of the molecule is Fc1ccc(C(CNC2CC2)OCC2CC2)cc1. The van der Waals surface area contributed by atoms with Crippen LogP contribution in [0.4, 0.5) is 4.39 Å². The maximum atomic E-state index is 12.9. The van der Waals surface area contributed by atoms with Gasteiger partial charge in [0, 0.05) is 12.6 Å². The average Bonchev–Trinajstić information content (AvgIpc) is 3.26. The monoisotopic (exact) mass is 249 g/mol. The molecule has 3 heteroatoms. The van der Waals surface area contributed by atoms with Crippen LogP contribution in [0.25, 0.3) is 0 Å². The number of benzene rings is 1. The van der Waals surface area contributed by atoms with Gasteiger partial charge in [0.15, 0.2) is 0 Å². The van der Waals surface area contributed by atoms with E-state index in [0.29, 0.717) is 6.04 Å². The van der Waals surface area contributed by atoms with E-state index in [1.807, 2.05) is 12.1 Å². The molecule has 2 fully saturated rings. The molecule has 98 valence electrons. The van der Waals surface area contributed by atoms with Gasteiger partial charge in [-0.05, 0) is 49.3 Å². The lowest BCUT2D eigenvalue weighted by molar-refractivity contribution is 0.0449. The fourth-order valence-electron chi connectivity index (χ4n) is 2.05. The van der Waals surface area contributed by atoms with Crippen LogP contribution in [0.3, 0.4) is 0 Å². The summed E-state index contributed by atoms with van der Waals surface area (Å²) >= 11 is 0. The molecule has 0 radical (unpaired) electrons. The van der Waals surface area contributed by atoms with Crippen LogP contribution >= 0.6 is 0 Å². The summed E-state index contributed by atoms with van der Waals surface area (Å²) in [6, 6.07) is 7.38. The first kappa shape index (κ1) is 12.1. The van der Waals surface area contributed by atoms with E-state index >= 15 is 0 Å². The summed E-state index contributed by atoms with van der Waals surface area (Å²) in [5, 5.41) is 3.50. The second-order valence-corrected chi connectivity index (χ2v) is 5.50. The Bertz CT molecular complexity index is 368. The van der Waals surface area contributed by atoms with E-state index in [2.05, 4.69) is 5.32 Å². The van der Waals surface area contributed by atoms with E-state index in [1.165, 1.54) is 37.8 Å². The molecule has 1 aromatic carbocycles. The summed E-state index contributed by atoms with van der Waals surface area (Å²) in [6.45, 7) is 1.68. The van der Waals surface area contributed by atoms with Crippen molar-refractivity contribution in [2.24, 2.45) is 5.92 Å². The summed E-state index contributed by atoms with van der Waals surface area (Å²) in [5.74, 6) is 0.573. The molecule has 1 unspecified atom stereocenters. The first-order valence-corrected chi connectivity index (χ1v) is 6.92. The maximum Gasteiger partial charge on any atom is 0.123 e. The molecule has 18 heavy (non-hydrogen) atoms. The van der Waals surface area contributed by atoms with Crippen molar-refractivity contribution < 1.29 is 9.13 Å². The summed E-state index contributed by atoms with van der Waals surface area (Å²) in [4.78, 5) is 0. The summed E-state index contributed by atoms with van der Waals surface area (Å²) in [6.07, 6.45) is 5.21. The normalized spacial score (nSPS) is 20.9. The van der Waals surface area contributed by atoms with E-state index in [0.717, 1.165) is 24.6 Å².